The van der Waals surface area contributed by atoms with Crippen LogP contribution in [0.1, 0.15) is 30.4 Å². The van der Waals surface area contributed by atoms with Crippen molar-refractivity contribution in [3.05, 3.63) is 11.7 Å². The maximum absolute atomic E-state index is 11.4. The van der Waals surface area contributed by atoms with Gasteiger partial charge >= 0.3 is 5.97 Å². The summed E-state index contributed by atoms with van der Waals surface area (Å²) in [5.41, 5.74) is -1.37. The number of aromatic nitrogens is 2. The molecule has 0 saturated heterocycles. The minimum atomic E-state index is -1.37. The zero-order chi connectivity index (χ0) is 11.6. The average Bonchev–Trinajstić information content (AvgIpc) is 2.50. The zero-order valence-electron chi connectivity index (χ0n) is 8.57. The summed E-state index contributed by atoms with van der Waals surface area (Å²) in [5.74, 6) is -1.76. The molecule has 82 valence electrons. The van der Waals surface area contributed by atoms with Crippen LogP contribution in [0, 0.1) is 6.92 Å². The van der Waals surface area contributed by atoms with Crippen LogP contribution in [0.25, 0.3) is 0 Å². The van der Waals surface area contributed by atoms with E-state index in [2.05, 4.69) is 20.0 Å². The van der Waals surface area contributed by atoms with Crippen LogP contribution in [0.15, 0.2) is 4.52 Å². The number of aryl methyl sites for hydroxylation is 1. The van der Waals surface area contributed by atoms with E-state index in [4.69, 9.17) is 5.11 Å². The van der Waals surface area contributed by atoms with Gasteiger partial charge in [0.25, 0.3) is 11.7 Å². The first kappa shape index (κ1) is 11.2. The molecule has 0 aliphatic heterocycles. The lowest BCUT2D eigenvalue weighted by Crippen LogP contribution is -2.49. The average molecular weight is 213 g/mol. The number of carbonyl (C=O) groups is 2. The fourth-order valence-electron chi connectivity index (χ4n) is 0.785. The van der Waals surface area contributed by atoms with E-state index in [9.17, 15) is 9.59 Å². The number of carbonyl (C=O) groups excluding carboxylic acids is 1. The van der Waals surface area contributed by atoms with Crippen molar-refractivity contribution in [3.63, 3.8) is 0 Å². The largest absolute Gasteiger partial charge is 0.480 e. The highest BCUT2D eigenvalue weighted by atomic mass is 16.5. The molecule has 0 aliphatic rings. The summed E-state index contributed by atoms with van der Waals surface area (Å²) >= 11 is 0. The Hall–Kier alpha value is -1.92. The summed E-state index contributed by atoms with van der Waals surface area (Å²) in [6, 6.07) is 0. The van der Waals surface area contributed by atoms with Gasteiger partial charge < -0.3 is 14.9 Å². The standard InChI is InChI=1S/C8H11N3O4/c1-4-9-5(11-15-4)6(12)10-8(2,3)7(13)14/h1-3H3,(H,10,12)(H,13,14). The van der Waals surface area contributed by atoms with Gasteiger partial charge in [0.15, 0.2) is 0 Å². The molecule has 0 radical (unpaired) electrons. The van der Waals surface area contributed by atoms with Gasteiger partial charge in [0.2, 0.25) is 5.89 Å². The van der Waals surface area contributed by atoms with E-state index in [0.717, 1.165) is 0 Å². The number of carboxylic acids is 1. The molecule has 7 nitrogen and oxygen atoms in total. The van der Waals surface area contributed by atoms with Gasteiger partial charge in [-0.15, -0.1) is 0 Å². The lowest BCUT2D eigenvalue weighted by molar-refractivity contribution is -0.143. The fourth-order valence-corrected chi connectivity index (χ4v) is 0.785. The van der Waals surface area contributed by atoms with Gasteiger partial charge in [-0.05, 0) is 13.8 Å². The Morgan fingerprint density at radius 2 is 2.07 bits per heavy atom. The molecule has 1 amide bonds. The van der Waals surface area contributed by atoms with Crippen LogP contribution < -0.4 is 5.32 Å². The van der Waals surface area contributed by atoms with Gasteiger partial charge in [-0.2, -0.15) is 4.98 Å². The molecule has 1 heterocycles. The minimum absolute atomic E-state index is 0.179. The van der Waals surface area contributed by atoms with Crippen LogP contribution >= 0.6 is 0 Å². The molecule has 0 fully saturated rings. The Bertz CT molecular complexity index is 396. The predicted octanol–water partition coefficient (Wildman–Crippen LogP) is -0.0290. The number of nitrogens with one attached hydrogen (secondary N) is 1. The SMILES string of the molecule is Cc1nc(C(=O)NC(C)(C)C(=O)O)no1. The molecule has 0 bridgehead atoms. The highest BCUT2D eigenvalue weighted by Crippen LogP contribution is 2.04. The van der Waals surface area contributed by atoms with Gasteiger partial charge in [-0.1, -0.05) is 5.16 Å². The van der Waals surface area contributed by atoms with E-state index < -0.39 is 17.4 Å². The van der Waals surface area contributed by atoms with E-state index >= 15 is 0 Å². The third kappa shape index (κ3) is 2.52. The van der Waals surface area contributed by atoms with Crippen molar-refractivity contribution in [2.24, 2.45) is 0 Å². The second-order valence-electron chi connectivity index (χ2n) is 3.52. The van der Waals surface area contributed by atoms with Gasteiger partial charge in [0.05, 0.1) is 0 Å². The number of hydrogen-bond donors (Lipinski definition) is 2. The van der Waals surface area contributed by atoms with Crippen molar-refractivity contribution in [2.75, 3.05) is 0 Å². The molecular formula is C8H11N3O4. The Morgan fingerprint density at radius 1 is 1.47 bits per heavy atom. The molecule has 0 aromatic carbocycles. The number of hydrogen-bond acceptors (Lipinski definition) is 5. The van der Waals surface area contributed by atoms with Crippen LogP contribution in [0.4, 0.5) is 0 Å². The summed E-state index contributed by atoms with van der Waals surface area (Å²) in [4.78, 5) is 25.8. The quantitative estimate of drug-likeness (QED) is 0.730. The van der Waals surface area contributed by atoms with Crippen molar-refractivity contribution < 1.29 is 19.2 Å². The zero-order valence-corrected chi connectivity index (χ0v) is 8.57. The number of nitrogens with zero attached hydrogens (tertiary/aromatic N) is 2. The van der Waals surface area contributed by atoms with Crippen molar-refractivity contribution in [1.29, 1.82) is 0 Å². The molecule has 0 saturated carbocycles. The molecule has 15 heavy (non-hydrogen) atoms. The molecule has 2 N–H and O–H groups in total. The maximum Gasteiger partial charge on any atom is 0.328 e. The summed E-state index contributed by atoms with van der Waals surface area (Å²) < 4.78 is 4.59. The normalized spacial score (nSPS) is 11.1. The van der Waals surface area contributed by atoms with Gasteiger partial charge in [-0.3, -0.25) is 4.79 Å². The summed E-state index contributed by atoms with van der Waals surface area (Å²) in [7, 11) is 0. The molecule has 0 spiro atoms. The molecule has 1 rings (SSSR count). The van der Waals surface area contributed by atoms with E-state index in [1.807, 2.05) is 0 Å². The van der Waals surface area contributed by atoms with Crippen LogP contribution in [-0.2, 0) is 4.79 Å². The second kappa shape index (κ2) is 3.68. The van der Waals surface area contributed by atoms with Crippen molar-refractivity contribution in [1.82, 2.24) is 15.5 Å². The first-order valence-electron chi connectivity index (χ1n) is 4.19. The number of aliphatic carboxylic acids is 1. The lowest BCUT2D eigenvalue weighted by Gasteiger charge is -2.19. The van der Waals surface area contributed by atoms with Crippen LogP contribution in [0.5, 0.6) is 0 Å². The van der Waals surface area contributed by atoms with Crippen molar-refractivity contribution in [2.45, 2.75) is 26.3 Å². The molecule has 0 unspecified atom stereocenters. The number of rotatable bonds is 3. The van der Waals surface area contributed by atoms with Gasteiger partial charge in [0, 0.05) is 6.92 Å². The highest BCUT2D eigenvalue weighted by molar-refractivity contribution is 5.94. The predicted molar refractivity (Wildman–Crippen MR) is 48.2 cm³/mol. The highest BCUT2D eigenvalue weighted by Gasteiger charge is 2.30. The van der Waals surface area contributed by atoms with E-state index in [0.29, 0.717) is 0 Å². The summed E-state index contributed by atoms with van der Waals surface area (Å²) in [6.07, 6.45) is 0. The first-order valence-corrected chi connectivity index (χ1v) is 4.19. The number of amides is 1. The third-order valence-corrected chi connectivity index (χ3v) is 1.69. The Morgan fingerprint density at radius 3 is 2.47 bits per heavy atom. The molecular weight excluding hydrogens is 202 g/mol. The van der Waals surface area contributed by atoms with Crippen LogP contribution in [0.3, 0.4) is 0 Å². The fraction of sp³-hybridized carbons (Fsp3) is 0.500. The third-order valence-electron chi connectivity index (χ3n) is 1.69. The van der Waals surface area contributed by atoms with E-state index in [1.165, 1.54) is 20.8 Å². The first-order chi connectivity index (χ1) is 6.83. The van der Waals surface area contributed by atoms with Crippen LogP contribution in [-0.4, -0.2) is 32.7 Å². The molecule has 1 aromatic rings. The number of carboxylic acid groups (broad SMARTS) is 1. The minimum Gasteiger partial charge on any atom is -0.480 e. The Kier molecular flexibility index (Phi) is 2.74. The molecule has 7 heteroatoms. The molecule has 1 aromatic heterocycles. The molecule has 0 atom stereocenters. The van der Waals surface area contributed by atoms with E-state index in [-0.39, 0.29) is 11.7 Å². The monoisotopic (exact) mass is 213 g/mol. The Balaban J connectivity index is 2.76. The maximum atomic E-state index is 11.4. The summed E-state index contributed by atoms with van der Waals surface area (Å²) in [6.45, 7) is 4.26. The molecule has 0 aliphatic carbocycles. The Labute approximate surface area is 85.5 Å². The van der Waals surface area contributed by atoms with Crippen molar-refractivity contribution in [3.8, 4) is 0 Å². The summed E-state index contributed by atoms with van der Waals surface area (Å²) in [5, 5.41) is 14.4. The second-order valence-corrected chi connectivity index (χ2v) is 3.52. The lowest BCUT2D eigenvalue weighted by atomic mass is 10.1. The van der Waals surface area contributed by atoms with Crippen molar-refractivity contribution >= 4 is 11.9 Å². The van der Waals surface area contributed by atoms with Gasteiger partial charge in [-0.25, -0.2) is 4.79 Å². The smallest absolute Gasteiger partial charge is 0.328 e. The van der Waals surface area contributed by atoms with Crippen LogP contribution in [0.2, 0.25) is 0 Å². The van der Waals surface area contributed by atoms with E-state index in [1.54, 1.807) is 0 Å². The van der Waals surface area contributed by atoms with Gasteiger partial charge in [0.1, 0.15) is 5.54 Å². The topological polar surface area (TPSA) is 105 Å².